The van der Waals surface area contributed by atoms with E-state index in [9.17, 15) is 9.18 Å². The molecule has 5 nitrogen and oxygen atoms in total. The molecule has 0 spiro atoms. The maximum atomic E-state index is 13.2. The number of methoxy groups -OCH3 is 1. The van der Waals surface area contributed by atoms with Crippen LogP contribution in [-0.4, -0.2) is 34.5 Å². The number of rotatable bonds is 7. The van der Waals surface area contributed by atoms with Crippen molar-refractivity contribution < 1.29 is 13.9 Å². The zero-order valence-electron chi connectivity index (χ0n) is 15.8. The Kier molecular flexibility index (Phi) is 6.81. The quantitative estimate of drug-likeness (QED) is 0.510. The van der Waals surface area contributed by atoms with Crippen LogP contribution in [0.2, 0.25) is 0 Å². The van der Waals surface area contributed by atoms with Gasteiger partial charge in [0, 0.05) is 0 Å². The van der Waals surface area contributed by atoms with E-state index in [2.05, 4.69) is 17.1 Å². The number of nitrogens with zero attached hydrogens (tertiary/aromatic N) is 3. The second kappa shape index (κ2) is 9.50. The molecule has 0 radical (unpaired) electrons. The number of hydrogen-bond donors (Lipinski definition) is 0. The molecule has 146 valence electrons. The van der Waals surface area contributed by atoms with Crippen LogP contribution in [0.1, 0.15) is 30.9 Å². The van der Waals surface area contributed by atoms with Gasteiger partial charge in [0.25, 0.3) is 0 Å². The van der Waals surface area contributed by atoms with E-state index in [0.29, 0.717) is 11.7 Å². The summed E-state index contributed by atoms with van der Waals surface area (Å²) in [6, 6.07) is 13.6. The molecule has 1 aliphatic rings. The van der Waals surface area contributed by atoms with Gasteiger partial charge in [0.15, 0.2) is 5.17 Å². The summed E-state index contributed by atoms with van der Waals surface area (Å²) in [7, 11) is 1.62. The van der Waals surface area contributed by atoms with E-state index in [1.54, 1.807) is 30.4 Å². The van der Waals surface area contributed by atoms with Crippen LogP contribution in [0.5, 0.6) is 5.75 Å². The van der Waals surface area contributed by atoms with Gasteiger partial charge in [0.05, 0.1) is 25.1 Å². The number of ether oxygens (including phenoxy) is 1. The molecule has 0 N–H and O–H groups in total. The van der Waals surface area contributed by atoms with Crippen LogP contribution in [0.3, 0.4) is 0 Å². The lowest BCUT2D eigenvalue weighted by molar-refractivity contribution is -0.126. The first-order valence-corrected chi connectivity index (χ1v) is 9.96. The fraction of sp³-hybridized carbons (Fsp3) is 0.286. The molecule has 2 aromatic carbocycles. The molecule has 0 bridgehead atoms. The van der Waals surface area contributed by atoms with Gasteiger partial charge in [-0.1, -0.05) is 37.2 Å². The predicted octanol–water partition coefficient (Wildman–Crippen LogP) is 4.47. The Morgan fingerprint density at radius 2 is 1.89 bits per heavy atom. The molecule has 28 heavy (non-hydrogen) atoms. The van der Waals surface area contributed by atoms with Crippen molar-refractivity contribution in [3.63, 3.8) is 0 Å². The summed E-state index contributed by atoms with van der Waals surface area (Å²) in [5, 5.41) is 8.86. The van der Waals surface area contributed by atoms with Gasteiger partial charge >= 0.3 is 0 Å². The zero-order chi connectivity index (χ0) is 19.9. The highest BCUT2D eigenvalue weighted by Gasteiger charge is 2.37. The lowest BCUT2D eigenvalue weighted by atomic mass is 10.2. The lowest BCUT2D eigenvalue weighted by Gasteiger charge is -2.15. The normalized spacial score (nSPS) is 18.4. The van der Waals surface area contributed by atoms with E-state index in [4.69, 9.17) is 4.74 Å². The molecule has 3 rings (SSSR count). The Morgan fingerprint density at radius 3 is 2.54 bits per heavy atom. The molecule has 1 saturated heterocycles. The highest BCUT2D eigenvalue weighted by atomic mass is 32.2. The lowest BCUT2D eigenvalue weighted by Crippen LogP contribution is -2.31. The van der Waals surface area contributed by atoms with Gasteiger partial charge in [0.1, 0.15) is 11.6 Å². The summed E-state index contributed by atoms with van der Waals surface area (Å²) < 4.78 is 18.3. The van der Waals surface area contributed by atoms with E-state index in [0.717, 1.165) is 29.7 Å². The van der Waals surface area contributed by atoms with E-state index in [1.807, 2.05) is 24.3 Å². The molecule has 1 amide bonds. The maximum absolute atomic E-state index is 13.2. The van der Waals surface area contributed by atoms with Gasteiger partial charge in [0.2, 0.25) is 5.91 Å². The van der Waals surface area contributed by atoms with Gasteiger partial charge in [-0.15, -0.1) is 5.10 Å². The van der Waals surface area contributed by atoms with Crippen molar-refractivity contribution in [1.29, 1.82) is 0 Å². The minimum Gasteiger partial charge on any atom is -0.497 e. The van der Waals surface area contributed by atoms with Gasteiger partial charge in [-0.2, -0.15) is 5.10 Å². The first kappa shape index (κ1) is 20.1. The van der Waals surface area contributed by atoms with E-state index >= 15 is 0 Å². The van der Waals surface area contributed by atoms with Gasteiger partial charge in [-0.05, 0) is 53.9 Å². The molecule has 1 heterocycles. The summed E-state index contributed by atoms with van der Waals surface area (Å²) in [5.41, 5.74) is 1.73. The summed E-state index contributed by atoms with van der Waals surface area (Å²) >= 11 is 1.43. The maximum Gasteiger partial charge on any atom is 0.242 e. The van der Waals surface area contributed by atoms with Crippen LogP contribution in [-0.2, 0) is 11.3 Å². The van der Waals surface area contributed by atoms with E-state index in [1.165, 1.54) is 23.9 Å². The second-order valence-electron chi connectivity index (χ2n) is 6.35. The Morgan fingerprint density at radius 1 is 1.18 bits per heavy atom. The number of hydrogen-bond acceptors (Lipinski definition) is 5. The van der Waals surface area contributed by atoms with E-state index in [-0.39, 0.29) is 17.0 Å². The number of benzene rings is 2. The number of carbonyl (C=O) groups is 1. The minimum atomic E-state index is -0.298. The summed E-state index contributed by atoms with van der Waals surface area (Å²) in [4.78, 5) is 14.4. The largest absolute Gasteiger partial charge is 0.497 e. The van der Waals surface area contributed by atoms with Crippen LogP contribution in [0, 0.1) is 5.82 Å². The zero-order valence-corrected chi connectivity index (χ0v) is 16.7. The van der Waals surface area contributed by atoms with Crippen LogP contribution >= 0.6 is 11.8 Å². The van der Waals surface area contributed by atoms with Crippen molar-refractivity contribution in [2.45, 2.75) is 31.6 Å². The highest BCUT2D eigenvalue weighted by molar-refractivity contribution is 8.15. The van der Waals surface area contributed by atoms with Crippen molar-refractivity contribution in [1.82, 2.24) is 4.90 Å². The monoisotopic (exact) mass is 399 g/mol. The number of carbonyl (C=O) groups excluding carboxylic acids is 1. The third kappa shape index (κ3) is 4.98. The third-order valence-electron chi connectivity index (χ3n) is 4.29. The molecule has 1 unspecified atom stereocenters. The number of thioether (sulfide) groups is 1. The SMILES string of the molecule is CCCC1SC(=NN=Cc2ccc(OC)cc2)N(Cc2ccc(F)cc2)C1=O. The molecule has 1 aliphatic heterocycles. The first-order chi connectivity index (χ1) is 13.6. The average molecular weight is 399 g/mol. The number of amides is 1. The van der Waals surface area contributed by atoms with Crippen LogP contribution in [0.4, 0.5) is 4.39 Å². The van der Waals surface area contributed by atoms with Crippen molar-refractivity contribution >= 4 is 29.1 Å². The van der Waals surface area contributed by atoms with Crippen LogP contribution < -0.4 is 4.74 Å². The molecular formula is C21H22FN3O2S. The fourth-order valence-electron chi connectivity index (χ4n) is 2.78. The number of halogens is 1. The van der Waals surface area contributed by atoms with E-state index < -0.39 is 0 Å². The van der Waals surface area contributed by atoms with Crippen LogP contribution in [0.25, 0.3) is 0 Å². The summed E-state index contributed by atoms with van der Waals surface area (Å²) in [6.07, 6.45) is 3.33. The molecule has 1 fully saturated rings. The van der Waals surface area contributed by atoms with Gasteiger partial charge in [-0.3, -0.25) is 9.69 Å². The Hall–Kier alpha value is -2.67. The molecular weight excluding hydrogens is 377 g/mol. The number of amidine groups is 1. The Labute approximate surface area is 168 Å². The summed E-state index contributed by atoms with van der Waals surface area (Å²) in [5.74, 6) is 0.496. The second-order valence-corrected chi connectivity index (χ2v) is 7.52. The predicted molar refractivity (Wildman–Crippen MR) is 111 cm³/mol. The van der Waals surface area contributed by atoms with Crippen LogP contribution in [0.15, 0.2) is 58.7 Å². The minimum absolute atomic E-state index is 0.0228. The van der Waals surface area contributed by atoms with Crippen molar-refractivity contribution in [3.05, 3.63) is 65.5 Å². The standard InChI is InChI=1S/C21H22FN3O2S/c1-3-4-19-20(26)25(14-16-5-9-17(22)10-6-16)21(28-19)24-23-13-15-7-11-18(27-2)12-8-15/h5-13,19H,3-4,14H2,1-2H3. The first-order valence-electron chi connectivity index (χ1n) is 9.08. The van der Waals surface area contributed by atoms with Crippen molar-refractivity contribution in [2.75, 3.05) is 7.11 Å². The Balaban J connectivity index is 1.77. The van der Waals surface area contributed by atoms with Crippen molar-refractivity contribution in [3.8, 4) is 5.75 Å². The average Bonchev–Trinajstić information content (AvgIpc) is 2.99. The Bertz CT molecular complexity index is 866. The topological polar surface area (TPSA) is 54.3 Å². The molecule has 0 aromatic heterocycles. The molecule has 0 aliphatic carbocycles. The molecule has 7 heteroatoms. The van der Waals surface area contributed by atoms with Crippen molar-refractivity contribution in [2.24, 2.45) is 10.2 Å². The molecule has 0 saturated carbocycles. The highest BCUT2D eigenvalue weighted by Crippen LogP contribution is 2.31. The summed E-state index contributed by atoms with van der Waals surface area (Å²) in [6.45, 7) is 2.40. The third-order valence-corrected chi connectivity index (χ3v) is 5.53. The fourth-order valence-corrected chi connectivity index (χ4v) is 4.00. The molecule has 2 aromatic rings. The smallest absolute Gasteiger partial charge is 0.242 e. The molecule has 1 atom stereocenters. The van der Waals surface area contributed by atoms with Gasteiger partial charge in [-0.25, -0.2) is 4.39 Å². The van der Waals surface area contributed by atoms with Gasteiger partial charge < -0.3 is 4.74 Å².